The summed E-state index contributed by atoms with van der Waals surface area (Å²) in [6.07, 6.45) is 3.91. The molecule has 3 rings (SSSR count). The fourth-order valence-electron chi connectivity index (χ4n) is 2.95. The predicted molar refractivity (Wildman–Crippen MR) is 93.2 cm³/mol. The van der Waals surface area contributed by atoms with Crippen LogP contribution >= 0.6 is 11.3 Å². The number of nitrogens with zero attached hydrogens (tertiary/aromatic N) is 6. The Balaban J connectivity index is 1.52. The summed E-state index contributed by atoms with van der Waals surface area (Å²) in [5, 5.41) is 20.1. The van der Waals surface area contributed by atoms with Crippen molar-refractivity contribution in [2.45, 2.75) is 25.8 Å². The van der Waals surface area contributed by atoms with Gasteiger partial charge in [-0.15, -0.1) is 15.3 Å². The molecule has 0 spiro atoms. The maximum Gasteiger partial charge on any atom is 0.240 e. The molecule has 2 aromatic heterocycles. The monoisotopic (exact) mass is 347 g/mol. The van der Waals surface area contributed by atoms with Gasteiger partial charge in [0.25, 0.3) is 0 Å². The lowest BCUT2D eigenvalue weighted by Crippen LogP contribution is -2.42. The second-order valence-corrected chi connectivity index (χ2v) is 7.12. The third kappa shape index (κ3) is 4.24. The summed E-state index contributed by atoms with van der Waals surface area (Å²) in [6.45, 7) is 3.97. The van der Waals surface area contributed by atoms with Gasteiger partial charge in [-0.1, -0.05) is 11.3 Å². The number of carbonyl (C=O) groups excluding carboxylic acids is 1. The smallest absolute Gasteiger partial charge is 0.240 e. The van der Waals surface area contributed by atoms with E-state index in [1.54, 1.807) is 6.20 Å². The molecule has 1 atom stereocenters. The number of hydrogen-bond acceptors (Lipinski definition) is 8. The number of hydrogen-bond donors (Lipinski definition) is 1. The highest BCUT2D eigenvalue weighted by molar-refractivity contribution is 7.15. The molecule has 1 aliphatic heterocycles. The van der Waals surface area contributed by atoms with Gasteiger partial charge in [-0.25, -0.2) is 0 Å². The van der Waals surface area contributed by atoms with Crippen molar-refractivity contribution in [1.29, 1.82) is 0 Å². The minimum atomic E-state index is -0.0716. The van der Waals surface area contributed by atoms with E-state index in [-0.39, 0.29) is 5.91 Å². The Bertz CT molecular complexity index is 677. The van der Waals surface area contributed by atoms with Crippen molar-refractivity contribution in [3.63, 3.8) is 0 Å². The Morgan fingerprint density at radius 3 is 3.04 bits per heavy atom. The van der Waals surface area contributed by atoms with Crippen LogP contribution in [0.1, 0.15) is 17.8 Å². The number of rotatable bonds is 6. The number of anilines is 2. The molecular formula is C15H21N7OS. The van der Waals surface area contributed by atoms with Crippen molar-refractivity contribution < 1.29 is 4.79 Å². The molecule has 0 bridgehead atoms. The van der Waals surface area contributed by atoms with Crippen LogP contribution in [-0.2, 0) is 4.79 Å². The largest absolute Gasteiger partial charge is 0.351 e. The van der Waals surface area contributed by atoms with E-state index in [4.69, 9.17) is 0 Å². The average molecular weight is 347 g/mol. The van der Waals surface area contributed by atoms with Gasteiger partial charge < -0.3 is 4.90 Å². The summed E-state index contributed by atoms with van der Waals surface area (Å²) in [5.74, 6) is 0.833. The van der Waals surface area contributed by atoms with Crippen LogP contribution in [0.25, 0.3) is 0 Å². The molecule has 8 nitrogen and oxygen atoms in total. The number of aryl methyl sites for hydroxylation is 1. The first-order chi connectivity index (χ1) is 11.6. The second-order valence-electron chi connectivity index (χ2n) is 5.94. The molecule has 1 aliphatic rings. The molecule has 1 fully saturated rings. The molecular weight excluding hydrogens is 326 g/mol. The Hall–Kier alpha value is -2.13. The molecule has 128 valence electrons. The first-order valence-electron chi connectivity index (χ1n) is 7.94. The Kier molecular flexibility index (Phi) is 5.31. The number of amides is 1. The van der Waals surface area contributed by atoms with Crippen LogP contribution in [0, 0.1) is 6.92 Å². The van der Waals surface area contributed by atoms with E-state index < -0.39 is 0 Å². The third-order valence-corrected chi connectivity index (χ3v) is 4.69. The molecule has 1 saturated heterocycles. The molecule has 0 radical (unpaired) electrons. The second kappa shape index (κ2) is 7.63. The van der Waals surface area contributed by atoms with E-state index in [9.17, 15) is 4.79 Å². The zero-order valence-electron chi connectivity index (χ0n) is 13.8. The summed E-state index contributed by atoms with van der Waals surface area (Å²) in [6, 6.07) is 4.23. The normalized spacial score (nSPS) is 17.5. The van der Waals surface area contributed by atoms with Gasteiger partial charge in [-0.2, -0.15) is 5.10 Å². The molecule has 24 heavy (non-hydrogen) atoms. The SMILES string of the molecule is Cc1nnc(NC(=O)CN(C)C[C@H]2CCCN2c2cccnn2)s1. The van der Waals surface area contributed by atoms with E-state index in [2.05, 4.69) is 30.6 Å². The van der Waals surface area contributed by atoms with Gasteiger partial charge in [0.2, 0.25) is 11.0 Å². The summed E-state index contributed by atoms with van der Waals surface area (Å²) < 4.78 is 0. The lowest BCUT2D eigenvalue weighted by Gasteiger charge is -2.28. The summed E-state index contributed by atoms with van der Waals surface area (Å²) >= 11 is 1.38. The minimum absolute atomic E-state index is 0.0716. The standard InChI is InChI=1S/C15H21N7OS/c1-11-18-20-15(24-11)17-14(23)10-21(2)9-12-5-4-8-22(12)13-6-3-7-16-19-13/h3,6-7,12H,4-5,8-10H2,1-2H3,(H,17,20,23)/t12-/m1/s1. The number of likely N-dealkylation sites (N-methyl/N-ethyl adjacent to an activating group) is 1. The summed E-state index contributed by atoms with van der Waals surface area (Å²) in [7, 11) is 1.96. The van der Waals surface area contributed by atoms with E-state index >= 15 is 0 Å². The molecule has 1 amide bonds. The Morgan fingerprint density at radius 1 is 1.46 bits per heavy atom. The first kappa shape index (κ1) is 16.7. The zero-order valence-corrected chi connectivity index (χ0v) is 14.7. The highest BCUT2D eigenvalue weighted by Crippen LogP contribution is 2.23. The van der Waals surface area contributed by atoms with E-state index in [0.717, 1.165) is 36.8 Å². The molecule has 0 unspecified atom stereocenters. The third-order valence-electron chi connectivity index (χ3n) is 3.94. The van der Waals surface area contributed by atoms with Crippen molar-refractivity contribution in [2.75, 3.05) is 36.9 Å². The maximum atomic E-state index is 12.1. The van der Waals surface area contributed by atoms with Gasteiger partial charge in [-0.05, 0) is 38.9 Å². The molecule has 0 aliphatic carbocycles. The fourth-order valence-corrected chi connectivity index (χ4v) is 3.56. The number of nitrogens with one attached hydrogen (secondary N) is 1. The Labute approximate surface area is 144 Å². The highest BCUT2D eigenvalue weighted by atomic mass is 32.1. The molecule has 3 heterocycles. The molecule has 9 heteroatoms. The van der Waals surface area contributed by atoms with Gasteiger partial charge in [0.1, 0.15) is 5.01 Å². The van der Waals surface area contributed by atoms with Crippen LogP contribution in [0.3, 0.4) is 0 Å². The van der Waals surface area contributed by atoms with Crippen LogP contribution in [0.5, 0.6) is 0 Å². The van der Waals surface area contributed by atoms with Crippen LogP contribution in [0.4, 0.5) is 10.9 Å². The van der Waals surface area contributed by atoms with Gasteiger partial charge in [0.05, 0.1) is 6.54 Å². The van der Waals surface area contributed by atoms with Gasteiger partial charge in [0.15, 0.2) is 5.82 Å². The zero-order chi connectivity index (χ0) is 16.9. The molecule has 2 aromatic rings. The topological polar surface area (TPSA) is 87.1 Å². The lowest BCUT2D eigenvalue weighted by atomic mass is 10.2. The van der Waals surface area contributed by atoms with Crippen molar-refractivity contribution in [3.05, 3.63) is 23.3 Å². The van der Waals surface area contributed by atoms with Crippen molar-refractivity contribution >= 4 is 28.2 Å². The predicted octanol–water partition coefficient (Wildman–Crippen LogP) is 1.18. The van der Waals surface area contributed by atoms with Gasteiger partial charge in [-0.3, -0.25) is 15.0 Å². The first-order valence-corrected chi connectivity index (χ1v) is 8.76. The quantitative estimate of drug-likeness (QED) is 0.839. The van der Waals surface area contributed by atoms with Crippen molar-refractivity contribution in [2.24, 2.45) is 0 Å². The van der Waals surface area contributed by atoms with Crippen LogP contribution in [0.2, 0.25) is 0 Å². The fraction of sp³-hybridized carbons (Fsp3) is 0.533. The minimum Gasteiger partial charge on any atom is -0.351 e. The van der Waals surface area contributed by atoms with E-state index in [0.29, 0.717) is 17.7 Å². The Morgan fingerprint density at radius 2 is 2.33 bits per heavy atom. The van der Waals surface area contributed by atoms with Gasteiger partial charge >= 0.3 is 0 Å². The molecule has 0 aromatic carbocycles. The summed E-state index contributed by atoms with van der Waals surface area (Å²) in [4.78, 5) is 16.4. The number of aromatic nitrogens is 4. The highest BCUT2D eigenvalue weighted by Gasteiger charge is 2.27. The summed E-state index contributed by atoms with van der Waals surface area (Å²) in [5.41, 5.74) is 0. The average Bonchev–Trinajstić information content (AvgIpc) is 3.17. The van der Waals surface area contributed by atoms with E-state index in [1.807, 2.05) is 31.0 Å². The van der Waals surface area contributed by atoms with Gasteiger partial charge in [0, 0.05) is 25.3 Å². The van der Waals surface area contributed by atoms with Crippen molar-refractivity contribution in [3.8, 4) is 0 Å². The van der Waals surface area contributed by atoms with Crippen LogP contribution < -0.4 is 10.2 Å². The maximum absolute atomic E-state index is 12.1. The molecule has 0 saturated carbocycles. The van der Waals surface area contributed by atoms with Crippen molar-refractivity contribution in [1.82, 2.24) is 25.3 Å². The van der Waals surface area contributed by atoms with Crippen LogP contribution in [-0.4, -0.2) is 63.9 Å². The van der Waals surface area contributed by atoms with E-state index in [1.165, 1.54) is 11.3 Å². The number of carbonyl (C=O) groups is 1. The molecule has 1 N–H and O–H groups in total. The van der Waals surface area contributed by atoms with Crippen LogP contribution in [0.15, 0.2) is 18.3 Å². The lowest BCUT2D eigenvalue weighted by molar-refractivity contribution is -0.117.